The minimum Gasteiger partial charge on any atom is -0.356 e. The van der Waals surface area contributed by atoms with Crippen LogP contribution in [0.5, 0.6) is 0 Å². The van der Waals surface area contributed by atoms with Crippen molar-refractivity contribution >= 4 is 11.8 Å². The molecule has 2 fully saturated rings. The van der Waals surface area contributed by atoms with Crippen LogP contribution in [0, 0.1) is 6.92 Å². The standard InChI is InChI=1S/C19H24F3N3O3/c1-13-5-3-4-6-14(13)16-17(28-11-15(26)23(16)2)18(27)25-9-7-24(8-10-25)12-19(20,21)22/h3-6,16-17H,7-12H2,1-2H3/t16-,17+/m1/s1. The molecule has 0 unspecified atom stereocenters. The minimum atomic E-state index is -4.25. The number of hydrogen-bond acceptors (Lipinski definition) is 4. The normalized spacial score (nSPS) is 24.5. The maximum Gasteiger partial charge on any atom is 0.401 e. The van der Waals surface area contributed by atoms with Crippen LogP contribution in [-0.2, 0) is 14.3 Å². The molecule has 0 aliphatic carbocycles. The highest BCUT2D eigenvalue weighted by Crippen LogP contribution is 2.32. The molecular weight excluding hydrogens is 375 g/mol. The van der Waals surface area contributed by atoms with E-state index in [1.807, 2.05) is 31.2 Å². The van der Waals surface area contributed by atoms with Crippen LogP contribution in [0.4, 0.5) is 13.2 Å². The maximum absolute atomic E-state index is 13.1. The number of carbonyl (C=O) groups is 2. The average Bonchev–Trinajstić information content (AvgIpc) is 2.63. The Morgan fingerprint density at radius 1 is 1.18 bits per heavy atom. The van der Waals surface area contributed by atoms with Crippen molar-refractivity contribution in [2.45, 2.75) is 25.2 Å². The van der Waals surface area contributed by atoms with E-state index >= 15 is 0 Å². The van der Waals surface area contributed by atoms with Crippen LogP contribution in [0.15, 0.2) is 24.3 Å². The van der Waals surface area contributed by atoms with E-state index in [0.717, 1.165) is 11.1 Å². The molecule has 9 heteroatoms. The third kappa shape index (κ3) is 4.47. The van der Waals surface area contributed by atoms with E-state index in [1.54, 1.807) is 7.05 Å². The highest BCUT2D eigenvalue weighted by atomic mass is 19.4. The fourth-order valence-corrected chi connectivity index (χ4v) is 3.77. The first kappa shape index (κ1) is 20.6. The maximum atomic E-state index is 13.1. The summed E-state index contributed by atoms with van der Waals surface area (Å²) in [6.07, 6.45) is -5.13. The average molecular weight is 399 g/mol. The summed E-state index contributed by atoms with van der Waals surface area (Å²) in [5.41, 5.74) is 1.76. The van der Waals surface area contributed by atoms with Crippen molar-refractivity contribution in [1.82, 2.24) is 14.7 Å². The van der Waals surface area contributed by atoms with Gasteiger partial charge < -0.3 is 14.5 Å². The van der Waals surface area contributed by atoms with Crippen molar-refractivity contribution in [3.05, 3.63) is 35.4 Å². The number of amides is 2. The van der Waals surface area contributed by atoms with Gasteiger partial charge in [0.25, 0.3) is 5.91 Å². The first-order valence-electron chi connectivity index (χ1n) is 9.18. The van der Waals surface area contributed by atoms with E-state index in [9.17, 15) is 22.8 Å². The van der Waals surface area contributed by atoms with Crippen LogP contribution in [-0.4, -0.2) is 85.2 Å². The smallest absolute Gasteiger partial charge is 0.356 e. The second-order valence-electron chi connectivity index (χ2n) is 7.25. The highest BCUT2D eigenvalue weighted by Gasteiger charge is 2.43. The number of halogens is 3. The second kappa shape index (κ2) is 8.08. The van der Waals surface area contributed by atoms with Crippen LogP contribution in [0.25, 0.3) is 0 Å². The van der Waals surface area contributed by atoms with Crippen LogP contribution in [0.1, 0.15) is 17.2 Å². The summed E-state index contributed by atoms with van der Waals surface area (Å²) < 4.78 is 43.3. The lowest BCUT2D eigenvalue weighted by molar-refractivity contribution is -0.170. The lowest BCUT2D eigenvalue weighted by Gasteiger charge is -2.42. The van der Waals surface area contributed by atoms with E-state index in [-0.39, 0.29) is 44.6 Å². The van der Waals surface area contributed by atoms with Gasteiger partial charge in [-0.25, -0.2) is 0 Å². The molecular formula is C19H24F3N3O3. The number of rotatable bonds is 3. The molecule has 0 spiro atoms. The monoisotopic (exact) mass is 399 g/mol. The fourth-order valence-electron chi connectivity index (χ4n) is 3.77. The van der Waals surface area contributed by atoms with E-state index < -0.39 is 24.9 Å². The Kier molecular flexibility index (Phi) is 5.95. The van der Waals surface area contributed by atoms with E-state index in [2.05, 4.69) is 0 Å². The summed E-state index contributed by atoms with van der Waals surface area (Å²) in [5.74, 6) is -0.508. The summed E-state index contributed by atoms with van der Waals surface area (Å²) in [6, 6.07) is 6.91. The van der Waals surface area contributed by atoms with Gasteiger partial charge in [-0.05, 0) is 18.1 Å². The van der Waals surface area contributed by atoms with Crippen LogP contribution >= 0.6 is 0 Å². The third-order valence-corrected chi connectivity index (χ3v) is 5.32. The van der Waals surface area contributed by atoms with Gasteiger partial charge in [-0.15, -0.1) is 0 Å². The lowest BCUT2D eigenvalue weighted by atomic mass is 9.93. The molecule has 0 bridgehead atoms. The van der Waals surface area contributed by atoms with Gasteiger partial charge in [0.2, 0.25) is 5.91 Å². The topological polar surface area (TPSA) is 53.1 Å². The summed E-state index contributed by atoms with van der Waals surface area (Å²) in [5, 5.41) is 0. The Hall–Kier alpha value is -2.13. The summed E-state index contributed by atoms with van der Waals surface area (Å²) in [4.78, 5) is 29.6. The first-order chi connectivity index (χ1) is 13.2. The van der Waals surface area contributed by atoms with Crippen LogP contribution < -0.4 is 0 Å². The van der Waals surface area contributed by atoms with Crippen molar-refractivity contribution in [2.75, 3.05) is 46.4 Å². The number of nitrogens with zero attached hydrogens (tertiary/aromatic N) is 3. The molecule has 2 aliphatic heterocycles. The molecule has 28 heavy (non-hydrogen) atoms. The molecule has 2 amide bonds. The number of morpholine rings is 1. The molecule has 3 rings (SSSR count). The molecule has 0 N–H and O–H groups in total. The molecule has 0 saturated carbocycles. The predicted octanol–water partition coefficient (Wildman–Crippen LogP) is 1.60. The number of hydrogen-bond donors (Lipinski definition) is 0. The van der Waals surface area contributed by atoms with Gasteiger partial charge >= 0.3 is 6.18 Å². The SMILES string of the molecule is Cc1ccccc1[C@@H]1[C@@H](C(=O)N2CCN(CC(F)(F)F)CC2)OCC(=O)N1C. The van der Waals surface area contributed by atoms with Gasteiger partial charge in [0.15, 0.2) is 6.10 Å². The number of carbonyl (C=O) groups excluding carboxylic acids is 2. The number of likely N-dealkylation sites (N-methyl/N-ethyl adjacent to an activating group) is 1. The van der Waals surface area contributed by atoms with Crippen LogP contribution in [0.3, 0.4) is 0 Å². The zero-order valence-electron chi connectivity index (χ0n) is 15.9. The quantitative estimate of drug-likeness (QED) is 0.775. The molecule has 1 aromatic rings. The van der Waals surface area contributed by atoms with Crippen molar-refractivity contribution in [1.29, 1.82) is 0 Å². The van der Waals surface area contributed by atoms with Crippen molar-refractivity contribution in [3.8, 4) is 0 Å². The molecule has 2 atom stereocenters. The minimum absolute atomic E-state index is 0.155. The van der Waals surface area contributed by atoms with E-state index in [1.165, 1.54) is 14.7 Å². The number of ether oxygens (including phenoxy) is 1. The molecule has 1 aromatic carbocycles. The second-order valence-corrected chi connectivity index (χ2v) is 7.25. The summed E-state index contributed by atoms with van der Waals surface area (Å²) >= 11 is 0. The molecule has 0 radical (unpaired) electrons. The molecule has 2 aliphatic rings. The van der Waals surface area contributed by atoms with E-state index in [0.29, 0.717) is 0 Å². The van der Waals surface area contributed by atoms with Gasteiger partial charge in [0.05, 0.1) is 12.6 Å². The molecule has 0 aromatic heterocycles. The lowest BCUT2D eigenvalue weighted by Crippen LogP contribution is -2.58. The Balaban J connectivity index is 1.74. The molecule has 154 valence electrons. The molecule has 2 saturated heterocycles. The largest absolute Gasteiger partial charge is 0.401 e. The van der Waals surface area contributed by atoms with Crippen LogP contribution in [0.2, 0.25) is 0 Å². The molecule has 6 nitrogen and oxygen atoms in total. The Morgan fingerprint density at radius 2 is 1.82 bits per heavy atom. The fraction of sp³-hybridized carbons (Fsp3) is 0.579. The number of alkyl halides is 3. The van der Waals surface area contributed by atoms with Crippen molar-refractivity contribution in [2.24, 2.45) is 0 Å². The van der Waals surface area contributed by atoms with E-state index in [4.69, 9.17) is 4.74 Å². The Labute approximate surface area is 161 Å². The van der Waals surface area contributed by atoms with Gasteiger partial charge in [0, 0.05) is 33.2 Å². The summed E-state index contributed by atoms with van der Waals surface area (Å²) in [7, 11) is 1.64. The summed E-state index contributed by atoms with van der Waals surface area (Å²) in [6.45, 7) is 1.45. The van der Waals surface area contributed by atoms with Gasteiger partial charge in [-0.2, -0.15) is 13.2 Å². The van der Waals surface area contributed by atoms with Gasteiger partial charge in [-0.3, -0.25) is 14.5 Å². The number of aryl methyl sites for hydroxylation is 1. The number of piperazine rings is 1. The Bertz CT molecular complexity index is 733. The molecule has 2 heterocycles. The van der Waals surface area contributed by atoms with Gasteiger partial charge in [-0.1, -0.05) is 24.3 Å². The number of benzene rings is 1. The van der Waals surface area contributed by atoms with Gasteiger partial charge in [0.1, 0.15) is 6.61 Å². The highest BCUT2D eigenvalue weighted by molar-refractivity contribution is 5.86. The first-order valence-corrected chi connectivity index (χ1v) is 9.18. The zero-order chi connectivity index (χ0) is 20.5. The van der Waals surface area contributed by atoms with Crippen molar-refractivity contribution in [3.63, 3.8) is 0 Å². The third-order valence-electron chi connectivity index (χ3n) is 5.32. The Morgan fingerprint density at radius 3 is 2.43 bits per heavy atom. The van der Waals surface area contributed by atoms with Crippen molar-refractivity contribution < 1.29 is 27.5 Å². The zero-order valence-corrected chi connectivity index (χ0v) is 15.9. The predicted molar refractivity (Wildman–Crippen MR) is 95.5 cm³/mol.